The minimum Gasteiger partial charge on any atom is -0.497 e. The second-order valence-electron chi connectivity index (χ2n) is 7.50. The molecular weight excluding hydrogens is 356 g/mol. The molecule has 1 aromatic carbocycles. The molecule has 2 aliphatic rings. The predicted octanol–water partition coefficient (Wildman–Crippen LogP) is 2.13. The predicted molar refractivity (Wildman–Crippen MR) is 107 cm³/mol. The summed E-state index contributed by atoms with van der Waals surface area (Å²) < 4.78 is 13.0. The van der Waals surface area contributed by atoms with Crippen LogP contribution in [0.5, 0.6) is 5.75 Å². The number of nitrogens with zero attached hydrogens (tertiary/aromatic N) is 6. The Morgan fingerprint density at radius 3 is 2.61 bits per heavy atom. The zero-order valence-corrected chi connectivity index (χ0v) is 16.8. The highest BCUT2D eigenvalue weighted by molar-refractivity contribution is 5.49. The number of aromatic nitrogens is 4. The topological polar surface area (TPSA) is 68.5 Å². The average Bonchev–Trinajstić information content (AvgIpc) is 3.42. The van der Waals surface area contributed by atoms with Crippen LogP contribution in [-0.2, 0) is 11.3 Å². The van der Waals surface area contributed by atoms with Crippen LogP contribution in [0.2, 0.25) is 0 Å². The number of anilines is 1. The lowest BCUT2D eigenvalue weighted by atomic mass is 10.1. The average molecular weight is 387 g/mol. The van der Waals surface area contributed by atoms with Gasteiger partial charge in [0.2, 0.25) is 0 Å². The summed E-state index contributed by atoms with van der Waals surface area (Å²) in [6.45, 7) is 7.81. The lowest BCUT2D eigenvalue weighted by Gasteiger charge is -2.39. The maximum absolute atomic E-state index is 5.77. The van der Waals surface area contributed by atoms with Crippen molar-refractivity contribution in [1.29, 1.82) is 0 Å². The van der Waals surface area contributed by atoms with E-state index in [-0.39, 0.29) is 12.1 Å². The number of ether oxygens (including phenoxy) is 2. The van der Waals surface area contributed by atoms with Crippen LogP contribution in [0, 0.1) is 0 Å². The van der Waals surface area contributed by atoms with E-state index in [1.54, 1.807) is 7.11 Å². The molecule has 0 unspecified atom stereocenters. The van der Waals surface area contributed by atoms with E-state index in [9.17, 15) is 0 Å². The van der Waals surface area contributed by atoms with Crippen molar-refractivity contribution in [2.75, 3.05) is 44.8 Å². The molecule has 1 aromatic heterocycles. The summed E-state index contributed by atoms with van der Waals surface area (Å²) in [5.74, 6) is 1.86. The van der Waals surface area contributed by atoms with Crippen LogP contribution in [-0.4, -0.2) is 71.1 Å². The quantitative estimate of drug-likeness (QED) is 0.722. The first-order valence-electron chi connectivity index (χ1n) is 10.3. The Morgan fingerprint density at radius 1 is 1.18 bits per heavy atom. The minimum atomic E-state index is 0.242. The molecule has 2 aliphatic heterocycles. The first-order chi connectivity index (χ1) is 13.8. The van der Waals surface area contributed by atoms with Crippen molar-refractivity contribution in [2.24, 2.45) is 0 Å². The standard InChI is InChI=1S/C20H30N6O2/c1-3-19(20-21-22-23-26(20)15-18-5-4-14-28-18)25-12-10-24(11-13-25)16-6-8-17(27-2)9-7-16/h6-9,18-19H,3-5,10-15H2,1-2H3/t18-,19+/m1/s1. The number of methoxy groups -OCH3 is 1. The van der Waals surface area contributed by atoms with Crippen LogP contribution < -0.4 is 9.64 Å². The van der Waals surface area contributed by atoms with Gasteiger partial charge in [0.1, 0.15) is 5.75 Å². The normalized spacial score (nSPS) is 21.8. The van der Waals surface area contributed by atoms with Gasteiger partial charge in [0.25, 0.3) is 0 Å². The maximum atomic E-state index is 5.77. The number of benzene rings is 1. The van der Waals surface area contributed by atoms with Crippen molar-refractivity contribution in [3.05, 3.63) is 30.1 Å². The van der Waals surface area contributed by atoms with E-state index in [4.69, 9.17) is 9.47 Å². The van der Waals surface area contributed by atoms with E-state index in [1.165, 1.54) is 5.69 Å². The van der Waals surface area contributed by atoms with Crippen LogP contribution in [0.4, 0.5) is 5.69 Å². The van der Waals surface area contributed by atoms with Gasteiger partial charge in [-0.2, -0.15) is 0 Å². The summed E-state index contributed by atoms with van der Waals surface area (Å²) >= 11 is 0. The summed E-state index contributed by atoms with van der Waals surface area (Å²) in [5, 5.41) is 12.6. The number of hydrogen-bond acceptors (Lipinski definition) is 7. The Labute approximate surface area is 166 Å². The fraction of sp³-hybridized carbons (Fsp3) is 0.650. The highest BCUT2D eigenvalue weighted by Crippen LogP contribution is 2.27. The molecule has 0 aliphatic carbocycles. The molecule has 2 aromatic rings. The molecule has 4 rings (SSSR count). The fourth-order valence-electron chi connectivity index (χ4n) is 4.25. The van der Waals surface area contributed by atoms with Gasteiger partial charge in [-0.05, 0) is 54.0 Å². The van der Waals surface area contributed by atoms with E-state index >= 15 is 0 Å². The molecule has 2 fully saturated rings. The largest absolute Gasteiger partial charge is 0.497 e. The fourth-order valence-corrected chi connectivity index (χ4v) is 4.25. The lowest BCUT2D eigenvalue weighted by Crippen LogP contribution is -2.48. The van der Waals surface area contributed by atoms with E-state index < -0.39 is 0 Å². The molecule has 28 heavy (non-hydrogen) atoms. The van der Waals surface area contributed by atoms with E-state index in [2.05, 4.69) is 44.4 Å². The monoisotopic (exact) mass is 386 g/mol. The van der Waals surface area contributed by atoms with Crippen LogP contribution in [0.15, 0.2) is 24.3 Å². The van der Waals surface area contributed by atoms with Crippen molar-refractivity contribution in [3.63, 3.8) is 0 Å². The Hall–Kier alpha value is -2.19. The Bertz CT molecular complexity index is 735. The van der Waals surface area contributed by atoms with Gasteiger partial charge in [0, 0.05) is 38.5 Å². The number of rotatable bonds is 7. The zero-order chi connectivity index (χ0) is 19.3. The molecule has 2 saturated heterocycles. The second-order valence-corrected chi connectivity index (χ2v) is 7.50. The van der Waals surface area contributed by atoms with Crippen LogP contribution in [0.1, 0.15) is 38.1 Å². The SMILES string of the molecule is CC[C@@H](c1nnnn1C[C@H]1CCCO1)N1CCN(c2ccc(OC)cc2)CC1. The van der Waals surface area contributed by atoms with Gasteiger partial charge in [0.15, 0.2) is 5.82 Å². The number of hydrogen-bond donors (Lipinski definition) is 0. The van der Waals surface area contributed by atoms with Gasteiger partial charge in [-0.1, -0.05) is 6.92 Å². The van der Waals surface area contributed by atoms with E-state index in [0.29, 0.717) is 0 Å². The third-order valence-corrected chi connectivity index (χ3v) is 5.84. The highest BCUT2D eigenvalue weighted by atomic mass is 16.5. The van der Waals surface area contributed by atoms with E-state index in [1.807, 2.05) is 16.8 Å². The smallest absolute Gasteiger partial charge is 0.168 e. The molecule has 3 heterocycles. The zero-order valence-electron chi connectivity index (χ0n) is 16.8. The second kappa shape index (κ2) is 8.87. The summed E-state index contributed by atoms with van der Waals surface area (Å²) in [7, 11) is 1.70. The van der Waals surface area contributed by atoms with Gasteiger partial charge >= 0.3 is 0 Å². The lowest BCUT2D eigenvalue weighted by molar-refractivity contribution is 0.0894. The first-order valence-corrected chi connectivity index (χ1v) is 10.3. The summed E-state index contributed by atoms with van der Waals surface area (Å²) in [6.07, 6.45) is 3.46. The molecule has 8 nitrogen and oxygen atoms in total. The molecule has 0 saturated carbocycles. The van der Waals surface area contributed by atoms with Gasteiger partial charge in [0.05, 0.1) is 25.8 Å². The van der Waals surface area contributed by atoms with Gasteiger partial charge in [-0.3, -0.25) is 4.90 Å². The molecule has 0 spiro atoms. The molecule has 152 valence electrons. The van der Waals surface area contributed by atoms with Crippen LogP contribution in [0.25, 0.3) is 0 Å². The third-order valence-electron chi connectivity index (χ3n) is 5.84. The van der Waals surface area contributed by atoms with Crippen molar-refractivity contribution in [1.82, 2.24) is 25.1 Å². The molecule has 2 atom stereocenters. The summed E-state index contributed by atoms with van der Waals surface area (Å²) in [4.78, 5) is 4.94. The molecule has 0 radical (unpaired) electrons. The van der Waals surface area contributed by atoms with Crippen molar-refractivity contribution in [2.45, 2.75) is 44.9 Å². The van der Waals surface area contributed by atoms with Crippen molar-refractivity contribution < 1.29 is 9.47 Å². The summed E-state index contributed by atoms with van der Waals surface area (Å²) in [6, 6.07) is 8.56. The Kier molecular flexibility index (Phi) is 6.07. The minimum absolute atomic E-state index is 0.242. The molecule has 0 bridgehead atoms. The number of piperazine rings is 1. The third kappa shape index (κ3) is 4.12. The van der Waals surface area contributed by atoms with Crippen molar-refractivity contribution in [3.8, 4) is 5.75 Å². The van der Waals surface area contributed by atoms with E-state index in [0.717, 1.165) is 70.2 Å². The van der Waals surface area contributed by atoms with Crippen LogP contribution >= 0.6 is 0 Å². The maximum Gasteiger partial charge on any atom is 0.168 e. The van der Waals surface area contributed by atoms with Crippen molar-refractivity contribution >= 4 is 5.69 Å². The Balaban J connectivity index is 1.39. The Morgan fingerprint density at radius 2 is 1.96 bits per heavy atom. The molecule has 0 N–H and O–H groups in total. The van der Waals surface area contributed by atoms with Crippen LogP contribution in [0.3, 0.4) is 0 Å². The van der Waals surface area contributed by atoms with Gasteiger partial charge < -0.3 is 14.4 Å². The molecule has 8 heteroatoms. The molecular formula is C20H30N6O2. The van der Waals surface area contributed by atoms with Gasteiger partial charge in [-0.15, -0.1) is 5.10 Å². The highest BCUT2D eigenvalue weighted by Gasteiger charge is 2.29. The first kappa shape index (κ1) is 19.1. The van der Waals surface area contributed by atoms with Gasteiger partial charge in [-0.25, -0.2) is 4.68 Å². The number of tetrazole rings is 1. The summed E-state index contributed by atoms with van der Waals surface area (Å²) in [5.41, 5.74) is 1.25. The molecule has 0 amide bonds.